The average Bonchev–Trinajstić information content (AvgIpc) is 3.14. The summed E-state index contributed by atoms with van der Waals surface area (Å²) >= 11 is 0. The van der Waals surface area contributed by atoms with Crippen molar-refractivity contribution in [1.82, 2.24) is 5.32 Å². The molecule has 0 saturated carbocycles. The van der Waals surface area contributed by atoms with Crippen molar-refractivity contribution in [2.24, 2.45) is 0 Å². The minimum atomic E-state index is -0.722. The summed E-state index contributed by atoms with van der Waals surface area (Å²) in [6.45, 7) is 1.72. The van der Waals surface area contributed by atoms with Gasteiger partial charge >= 0.3 is 11.8 Å². The number of nitrogens with zero attached hydrogens (tertiary/aromatic N) is 1. The van der Waals surface area contributed by atoms with Gasteiger partial charge in [-0.25, -0.2) is 0 Å². The number of rotatable bonds is 4. The van der Waals surface area contributed by atoms with Crippen LogP contribution >= 0.6 is 0 Å². The average molecular weight is 345 g/mol. The highest BCUT2D eigenvalue weighted by atomic mass is 16.5. The highest BCUT2D eigenvalue weighted by molar-refractivity contribution is 6.39. The number of carbonyl (C=O) groups is 3. The molecule has 2 heterocycles. The number of carbonyl (C=O) groups excluding carboxylic acids is 3. The molecule has 25 heavy (non-hydrogen) atoms. The van der Waals surface area contributed by atoms with Crippen molar-refractivity contribution in [2.75, 3.05) is 29.9 Å². The minimum Gasteiger partial charge on any atom is -0.376 e. The number of hydrogen-bond acceptors (Lipinski definition) is 4. The topological polar surface area (TPSA) is 87.7 Å². The summed E-state index contributed by atoms with van der Waals surface area (Å²) in [7, 11) is 0. The summed E-state index contributed by atoms with van der Waals surface area (Å²) in [5.74, 6) is -1.32. The Morgan fingerprint density at radius 3 is 2.84 bits per heavy atom. The van der Waals surface area contributed by atoms with Gasteiger partial charge in [-0.05, 0) is 43.9 Å². The lowest BCUT2D eigenvalue weighted by atomic mass is 10.1. The van der Waals surface area contributed by atoms with E-state index in [1.54, 1.807) is 23.1 Å². The molecule has 134 valence electrons. The zero-order chi connectivity index (χ0) is 17.6. The Bertz CT molecular complexity index is 655. The first-order chi connectivity index (χ1) is 12.1. The molecule has 2 aliphatic rings. The van der Waals surface area contributed by atoms with Crippen molar-refractivity contribution >= 4 is 29.1 Å². The van der Waals surface area contributed by atoms with Crippen LogP contribution in [0.4, 0.5) is 11.4 Å². The van der Waals surface area contributed by atoms with Crippen molar-refractivity contribution in [3.63, 3.8) is 0 Å². The van der Waals surface area contributed by atoms with Crippen LogP contribution < -0.4 is 15.5 Å². The van der Waals surface area contributed by atoms with Crippen LogP contribution in [0.5, 0.6) is 0 Å². The molecule has 2 aliphatic heterocycles. The monoisotopic (exact) mass is 345 g/mol. The van der Waals surface area contributed by atoms with Crippen LogP contribution in [-0.4, -0.2) is 43.5 Å². The van der Waals surface area contributed by atoms with E-state index in [1.807, 2.05) is 6.07 Å². The van der Waals surface area contributed by atoms with Crippen molar-refractivity contribution < 1.29 is 19.1 Å². The van der Waals surface area contributed by atoms with Gasteiger partial charge in [0.05, 0.1) is 6.10 Å². The van der Waals surface area contributed by atoms with Crippen molar-refractivity contribution in [2.45, 2.75) is 38.2 Å². The molecular formula is C18H23N3O4. The second-order valence-corrected chi connectivity index (χ2v) is 6.35. The van der Waals surface area contributed by atoms with Crippen LogP contribution in [-0.2, 0) is 19.1 Å². The van der Waals surface area contributed by atoms with Gasteiger partial charge in [0.15, 0.2) is 0 Å². The lowest BCUT2D eigenvalue weighted by molar-refractivity contribution is -0.136. The molecule has 0 spiro atoms. The molecular weight excluding hydrogens is 322 g/mol. The van der Waals surface area contributed by atoms with Crippen LogP contribution in [0.2, 0.25) is 0 Å². The molecule has 7 heteroatoms. The van der Waals surface area contributed by atoms with Gasteiger partial charge in [-0.1, -0.05) is 6.07 Å². The lowest BCUT2D eigenvalue weighted by Crippen LogP contribution is -2.39. The van der Waals surface area contributed by atoms with E-state index in [0.717, 1.165) is 31.4 Å². The van der Waals surface area contributed by atoms with Crippen LogP contribution in [0.1, 0.15) is 32.1 Å². The molecule has 3 rings (SSSR count). The van der Waals surface area contributed by atoms with E-state index < -0.39 is 11.8 Å². The third kappa shape index (κ3) is 4.57. The van der Waals surface area contributed by atoms with Gasteiger partial charge in [0.2, 0.25) is 5.91 Å². The number of anilines is 2. The molecule has 2 N–H and O–H groups in total. The second kappa shape index (κ2) is 8.11. The summed E-state index contributed by atoms with van der Waals surface area (Å²) in [6.07, 6.45) is 4.29. The Kier molecular flexibility index (Phi) is 5.65. The molecule has 1 aromatic carbocycles. The van der Waals surface area contributed by atoms with Crippen molar-refractivity contribution in [3.8, 4) is 0 Å². The van der Waals surface area contributed by atoms with E-state index in [-0.39, 0.29) is 12.0 Å². The number of hydrogen-bond donors (Lipinski definition) is 2. The van der Waals surface area contributed by atoms with Crippen molar-refractivity contribution in [3.05, 3.63) is 24.3 Å². The maximum absolute atomic E-state index is 12.0. The summed E-state index contributed by atoms with van der Waals surface area (Å²) in [4.78, 5) is 37.7. The Balaban J connectivity index is 1.56. The van der Waals surface area contributed by atoms with E-state index in [1.165, 1.54) is 0 Å². The molecule has 7 nitrogen and oxygen atoms in total. The smallest absolute Gasteiger partial charge is 0.313 e. The summed E-state index contributed by atoms with van der Waals surface area (Å²) in [5.41, 5.74) is 1.23. The Morgan fingerprint density at radius 1 is 1.20 bits per heavy atom. The van der Waals surface area contributed by atoms with Gasteiger partial charge in [0.25, 0.3) is 0 Å². The van der Waals surface area contributed by atoms with Gasteiger partial charge in [0, 0.05) is 37.5 Å². The van der Waals surface area contributed by atoms with Gasteiger partial charge in [-0.2, -0.15) is 0 Å². The predicted octanol–water partition coefficient (Wildman–Crippen LogP) is 1.44. The van der Waals surface area contributed by atoms with Crippen LogP contribution in [0.15, 0.2) is 24.3 Å². The van der Waals surface area contributed by atoms with Crippen LogP contribution in [0.3, 0.4) is 0 Å². The Labute approximate surface area is 146 Å². The Hall–Kier alpha value is -2.41. The normalized spacial score (nSPS) is 20.4. The zero-order valence-corrected chi connectivity index (χ0v) is 14.1. The number of ether oxygens (including phenoxy) is 1. The van der Waals surface area contributed by atoms with E-state index in [0.29, 0.717) is 31.8 Å². The molecule has 1 aromatic rings. The minimum absolute atomic E-state index is 0.00908. The van der Waals surface area contributed by atoms with E-state index in [2.05, 4.69) is 10.6 Å². The summed E-state index contributed by atoms with van der Waals surface area (Å²) < 4.78 is 5.41. The molecule has 1 atom stereocenters. The molecule has 0 aromatic heterocycles. The fourth-order valence-electron chi connectivity index (χ4n) is 3.11. The van der Waals surface area contributed by atoms with E-state index in [9.17, 15) is 14.4 Å². The maximum atomic E-state index is 12.0. The lowest BCUT2D eigenvalue weighted by Gasteiger charge is -2.27. The number of piperidine rings is 1. The molecule has 2 saturated heterocycles. The number of nitrogens with one attached hydrogen (secondary N) is 2. The second-order valence-electron chi connectivity index (χ2n) is 6.35. The fourth-order valence-corrected chi connectivity index (χ4v) is 3.11. The Morgan fingerprint density at radius 2 is 2.08 bits per heavy atom. The molecule has 0 radical (unpaired) electrons. The molecule has 0 bridgehead atoms. The third-order valence-electron chi connectivity index (χ3n) is 4.46. The highest BCUT2D eigenvalue weighted by Crippen LogP contribution is 2.23. The summed E-state index contributed by atoms with van der Waals surface area (Å²) in [6, 6.07) is 7.01. The molecule has 2 fully saturated rings. The number of benzene rings is 1. The zero-order valence-electron chi connectivity index (χ0n) is 14.1. The van der Waals surface area contributed by atoms with Gasteiger partial charge in [-0.15, -0.1) is 0 Å². The summed E-state index contributed by atoms with van der Waals surface area (Å²) in [5, 5.41) is 5.17. The number of amides is 3. The quantitative estimate of drug-likeness (QED) is 0.808. The van der Waals surface area contributed by atoms with Crippen molar-refractivity contribution in [1.29, 1.82) is 0 Å². The van der Waals surface area contributed by atoms with E-state index in [4.69, 9.17) is 4.74 Å². The van der Waals surface area contributed by atoms with E-state index >= 15 is 0 Å². The SMILES string of the molecule is O=C(NC[C@H]1CCCO1)C(=O)Nc1cccc(N2CCCCC2=O)c1. The van der Waals surface area contributed by atoms with Crippen LogP contribution in [0.25, 0.3) is 0 Å². The van der Waals surface area contributed by atoms with Crippen LogP contribution in [0, 0.1) is 0 Å². The molecule has 0 aliphatic carbocycles. The first-order valence-corrected chi connectivity index (χ1v) is 8.75. The van der Waals surface area contributed by atoms with Gasteiger partial charge < -0.3 is 20.3 Å². The van der Waals surface area contributed by atoms with Gasteiger partial charge in [-0.3, -0.25) is 14.4 Å². The molecule has 3 amide bonds. The third-order valence-corrected chi connectivity index (χ3v) is 4.46. The first kappa shape index (κ1) is 17.4. The standard InChI is InChI=1S/C18H23N3O4/c22-16-8-1-2-9-21(16)14-6-3-5-13(11-14)20-18(24)17(23)19-12-15-7-4-10-25-15/h3,5-6,11,15H,1-2,4,7-10,12H2,(H,19,23)(H,20,24)/t15-/m1/s1. The fraction of sp³-hybridized carbons (Fsp3) is 0.500. The predicted molar refractivity (Wildman–Crippen MR) is 93.3 cm³/mol. The highest BCUT2D eigenvalue weighted by Gasteiger charge is 2.21. The van der Waals surface area contributed by atoms with Gasteiger partial charge in [0.1, 0.15) is 0 Å². The first-order valence-electron chi connectivity index (χ1n) is 8.75. The largest absolute Gasteiger partial charge is 0.376 e. The maximum Gasteiger partial charge on any atom is 0.313 e. The molecule has 0 unspecified atom stereocenters.